The van der Waals surface area contributed by atoms with Gasteiger partial charge in [0, 0.05) is 24.4 Å². The van der Waals surface area contributed by atoms with Crippen molar-refractivity contribution in [2.45, 2.75) is 83.8 Å². The standard InChI is InChI=1S/C17H30N2O2/c1-4-13(5-2)18-17(21)12(3)19-11-7-9-15(19)14-8-6-10-16(14)20/h12-15H,4-11H2,1-3H3,(H,18,21). The van der Waals surface area contributed by atoms with E-state index >= 15 is 0 Å². The van der Waals surface area contributed by atoms with E-state index in [1.807, 2.05) is 6.92 Å². The molecule has 4 heteroatoms. The number of likely N-dealkylation sites (tertiary alicyclic amines) is 1. The van der Waals surface area contributed by atoms with Crippen molar-refractivity contribution in [1.29, 1.82) is 0 Å². The van der Waals surface area contributed by atoms with Gasteiger partial charge in [-0.25, -0.2) is 0 Å². The van der Waals surface area contributed by atoms with Crippen LogP contribution in [0.3, 0.4) is 0 Å². The predicted octanol–water partition coefficient (Wildman–Crippen LogP) is 2.51. The van der Waals surface area contributed by atoms with Crippen LogP contribution >= 0.6 is 0 Å². The summed E-state index contributed by atoms with van der Waals surface area (Å²) < 4.78 is 0. The van der Waals surface area contributed by atoms with E-state index in [0.29, 0.717) is 11.8 Å². The van der Waals surface area contributed by atoms with Crippen molar-refractivity contribution >= 4 is 11.7 Å². The average molecular weight is 294 g/mol. The minimum atomic E-state index is -0.119. The third kappa shape index (κ3) is 3.65. The van der Waals surface area contributed by atoms with E-state index in [2.05, 4.69) is 24.1 Å². The van der Waals surface area contributed by atoms with Crippen LogP contribution in [-0.4, -0.2) is 41.3 Å². The van der Waals surface area contributed by atoms with E-state index in [-0.39, 0.29) is 23.9 Å². The first-order valence-electron chi connectivity index (χ1n) is 8.67. The fourth-order valence-corrected chi connectivity index (χ4v) is 3.94. The molecule has 1 saturated heterocycles. The predicted molar refractivity (Wildman–Crippen MR) is 84.1 cm³/mol. The summed E-state index contributed by atoms with van der Waals surface area (Å²) in [7, 11) is 0. The van der Waals surface area contributed by atoms with E-state index in [1.54, 1.807) is 0 Å². The molecular formula is C17H30N2O2. The van der Waals surface area contributed by atoms with Gasteiger partial charge in [-0.15, -0.1) is 0 Å². The summed E-state index contributed by atoms with van der Waals surface area (Å²) in [6.45, 7) is 7.16. The van der Waals surface area contributed by atoms with Gasteiger partial charge in [0.2, 0.25) is 5.91 Å². The molecule has 2 rings (SSSR count). The normalized spacial score (nSPS) is 28.3. The van der Waals surface area contributed by atoms with Gasteiger partial charge in [0.05, 0.1) is 6.04 Å². The maximum absolute atomic E-state index is 12.5. The average Bonchev–Trinajstić information content (AvgIpc) is 3.11. The second kappa shape index (κ2) is 7.39. The number of carbonyl (C=O) groups is 2. The van der Waals surface area contributed by atoms with Crippen molar-refractivity contribution < 1.29 is 9.59 Å². The van der Waals surface area contributed by atoms with Gasteiger partial charge in [-0.05, 0) is 52.0 Å². The van der Waals surface area contributed by atoms with Crippen molar-refractivity contribution in [3.8, 4) is 0 Å². The van der Waals surface area contributed by atoms with Crippen molar-refractivity contribution in [2.24, 2.45) is 5.92 Å². The summed E-state index contributed by atoms with van der Waals surface area (Å²) in [6.07, 6.45) is 6.90. The first-order valence-corrected chi connectivity index (χ1v) is 8.67. The monoisotopic (exact) mass is 294 g/mol. The highest BCUT2D eigenvalue weighted by atomic mass is 16.2. The Morgan fingerprint density at radius 2 is 2.00 bits per heavy atom. The molecule has 0 bridgehead atoms. The molecule has 1 saturated carbocycles. The first-order chi connectivity index (χ1) is 10.1. The van der Waals surface area contributed by atoms with Gasteiger partial charge in [-0.2, -0.15) is 0 Å². The van der Waals surface area contributed by atoms with Crippen molar-refractivity contribution in [3.63, 3.8) is 0 Å². The van der Waals surface area contributed by atoms with Gasteiger partial charge >= 0.3 is 0 Å². The summed E-state index contributed by atoms with van der Waals surface area (Å²) in [5.41, 5.74) is 0. The van der Waals surface area contributed by atoms with Crippen LogP contribution in [0.1, 0.15) is 65.7 Å². The Balaban J connectivity index is 1.98. The van der Waals surface area contributed by atoms with E-state index < -0.39 is 0 Å². The maximum Gasteiger partial charge on any atom is 0.237 e. The zero-order chi connectivity index (χ0) is 15.4. The van der Waals surface area contributed by atoms with Crippen LogP contribution in [0.5, 0.6) is 0 Å². The number of rotatable bonds is 6. The highest BCUT2D eigenvalue weighted by Crippen LogP contribution is 2.34. The van der Waals surface area contributed by atoms with Crippen molar-refractivity contribution in [3.05, 3.63) is 0 Å². The van der Waals surface area contributed by atoms with Crippen LogP contribution in [0.4, 0.5) is 0 Å². The second-order valence-electron chi connectivity index (χ2n) is 6.61. The molecule has 0 aromatic carbocycles. The Morgan fingerprint density at radius 3 is 2.57 bits per heavy atom. The maximum atomic E-state index is 12.5. The molecule has 1 aliphatic heterocycles. The second-order valence-corrected chi connectivity index (χ2v) is 6.61. The summed E-state index contributed by atoms with van der Waals surface area (Å²) in [4.78, 5) is 26.8. The van der Waals surface area contributed by atoms with Crippen molar-refractivity contribution in [1.82, 2.24) is 10.2 Å². The number of hydrogen-bond donors (Lipinski definition) is 1. The van der Waals surface area contributed by atoms with E-state index in [4.69, 9.17) is 0 Å². The number of nitrogens with one attached hydrogen (secondary N) is 1. The lowest BCUT2D eigenvalue weighted by molar-refractivity contribution is -0.129. The lowest BCUT2D eigenvalue weighted by atomic mass is 9.94. The number of ketones is 1. The molecule has 1 amide bonds. The van der Waals surface area contributed by atoms with Crippen LogP contribution < -0.4 is 5.32 Å². The first kappa shape index (κ1) is 16.5. The summed E-state index contributed by atoms with van der Waals surface area (Å²) >= 11 is 0. The Hall–Kier alpha value is -0.900. The van der Waals surface area contributed by atoms with Gasteiger partial charge in [0.1, 0.15) is 5.78 Å². The molecule has 0 aromatic rings. The Labute approximate surface area is 128 Å². The Bertz CT molecular complexity index is 379. The lowest BCUT2D eigenvalue weighted by Crippen LogP contribution is -2.51. The van der Waals surface area contributed by atoms with Crippen LogP contribution in [0.15, 0.2) is 0 Å². The zero-order valence-corrected chi connectivity index (χ0v) is 13.7. The number of nitrogens with zero attached hydrogens (tertiary/aromatic N) is 1. The SMILES string of the molecule is CCC(CC)NC(=O)C(C)N1CCCC1C1CCCC1=O. The van der Waals surface area contributed by atoms with Gasteiger partial charge in [0.15, 0.2) is 0 Å². The lowest BCUT2D eigenvalue weighted by Gasteiger charge is -2.33. The fraction of sp³-hybridized carbons (Fsp3) is 0.882. The molecule has 2 fully saturated rings. The molecule has 0 spiro atoms. The topological polar surface area (TPSA) is 49.4 Å². The summed E-state index contributed by atoms with van der Waals surface area (Å²) in [6, 6.07) is 0.447. The van der Waals surface area contributed by atoms with Gasteiger partial charge in [0.25, 0.3) is 0 Å². The van der Waals surface area contributed by atoms with Crippen LogP contribution in [0.2, 0.25) is 0 Å². The van der Waals surface area contributed by atoms with Crippen LogP contribution in [0.25, 0.3) is 0 Å². The smallest absolute Gasteiger partial charge is 0.237 e. The largest absolute Gasteiger partial charge is 0.352 e. The quantitative estimate of drug-likeness (QED) is 0.819. The summed E-state index contributed by atoms with van der Waals surface area (Å²) in [5.74, 6) is 0.719. The molecule has 0 aromatic heterocycles. The molecule has 3 unspecified atom stereocenters. The molecule has 120 valence electrons. The van der Waals surface area contributed by atoms with Crippen LogP contribution in [-0.2, 0) is 9.59 Å². The van der Waals surface area contributed by atoms with E-state index in [0.717, 1.165) is 51.5 Å². The molecule has 2 aliphatic rings. The van der Waals surface area contributed by atoms with Crippen molar-refractivity contribution in [2.75, 3.05) is 6.54 Å². The van der Waals surface area contributed by atoms with Gasteiger partial charge in [-0.1, -0.05) is 13.8 Å². The fourth-order valence-electron chi connectivity index (χ4n) is 3.94. The third-order valence-electron chi connectivity index (χ3n) is 5.37. The molecule has 1 heterocycles. The van der Waals surface area contributed by atoms with Crippen LogP contribution in [0, 0.1) is 5.92 Å². The molecule has 1 N–H and O–H groups in total. The highest BCUT2D eigenvalue weighted by Gasteiger charge is 2.41. The zero-order valence-electron chi connectivity index (χ0n) is 13.7. The minimum Gasteiger partial charge on any atom is -0.352 e. The summed E-state index contributed by atoms with van der Waals surface area (Å²) in [5, 5.41) is 3.15. The highest BCUT2D eigenvalue weighted by molar-refractivity contribution is 5.84. The Morgan fingerprint density at radius 1 is 1.29 bits per heavy atom. The van der Waals surface area contributed by atoms with Gasteiger partial charge in [-0.3, -0.25) is 14.5 Å². The Kier molecular flexibility index (Phi) is 5.80. The molecule has 0 radical (unpaired) electrons. The van der Waals surface area contributed by atoms with E-state index in [9.17, 15) is 9.59 Å². The number of carbonyl (C=O) groups excluding carboxylic acids is 2. The molecular weight excluding hydrogens is 264 g/mol. The molecule has 21 heavy (non-hydrogen) atoms. The number of hydrogen-bond acceptors (Lipinski definition) is 3. The molecule has 3 atom stereocenters. The third-order valence-corrected chi connectivity index (χ3v) is 5.37. The minimum absolute atomic E-state index is 0.119. The van der Waals surface area contributed by atoms with Gasteiger partial charge < -0.3 is 5.32 Å². The number of amides is 1. The molecule has 4 nitrogen and oxygen atoms in total. The van der Waals surface area contributed by atoms with E-state index in [1.165, 1.54) is 0 Å². The number of Topliss-reactive ketones (excluding diaryl/α,β-unsaturated/α-hetero) is 1. The molecule has 1 aliphatic carbocycles.